The lowest BCUT2D eigenvalue weighted by Crippen LogP contribution is -2.10. The van der Waals surface area contributed by atoms with Crippen molar-refractivity contribution in [2.45, 2.75) is 0 Å². The third-order valence-electron chi connectivity index (χ3n) is 9.52. The Morgan fingerprint density at radius 2 is 1.11 bits per heavy atom. The Morgan fingerprint density at radius 3 is 1.94 bits per heavy atom. The summed E-state index contributed by atoms with van der Waals surface area (Å²) in [5, 5.41) is 9.61. The molecule has 0 amide bonds. The lowest BCUT2D eigenvalue weighted by atomic mass is 10.0. The van der Waals surface area contributed by atoms with Crippen molar-refractivity contribution in [1.29, 1.82) is 0 Å². The largest absolute Gasteiger partial charge is 0.456 e. The Bertz CT molecular complexity index is 2790. The molecule has 3 heteroatoms. The van der Waals surface area contributed by atoms with E-state index in [2.05, 4.69) is 179 Å². The molecule has 2 heterocycles. The van der Waals surface area contributed by atoms with E-state index in [1.54, 1.807) is 0 Å². The van der Waals surface area contributed by atoms with Gasteiger partial charge >= 0.3 is 0 Å². The highest BCUT2D eigenvalue weighted by Crippen LogP contribution is 2.44. The van der Waals surface area contributed by atoms with Gasteiger partial charge in [-0.25, -0.2) is 0 Å². The normalized spacial score (nSPS) is 11.8. The number of hydrogen-bond acceptors (Lipinski definition) is 2. The van der Waals surface area contributed by atoms with Crippen molar-refractivity contribution in [1.82, 2.24) is 4.57 Å². The summed E-state index contributed by atoms with van der Waals surface area (Å²) in [6, 6.07) is 60.7. The number of para-hydroxylation sites is 2. The summed E-state index contributed by atoms with van der Waals surface area (Å²) < 4.78 is 8.89. The highest BCUT2D eigenvalue weighted by molar-refractivity contribution is 6.19. The van der Waals surface area contributed by atoms with Crippen LogP contribution in [-0.2, 0) is 0 Å². The summed E-state index contributed by atoms with van der Waals surface area (Å²) in [6.45, 7) is 0. The standard InChI is InChI=1S/C44H28N2O/c1-2-14-32(15-3-1)45(40-19-10-20-41-43(40)38-27-30-12-4-5-13-31(30)28-42(38)47-41)33-22-24-34(25-23-33)46-39-18-9-8-17-36(39)37-26-21-29-11-6-7-16-35(29)44(37)46/h1-28H. The quantitative estimate of drug-likeness (QED) is 0.200. The molecule has 0 saturated carbocycles. The molecule has 0 aliphatic heterocycles. The average Bonchev–Trinajstić information content (AvgIpc) is 3.67. The fraction of sp³-hybridized carbons (Fsp3) is 0. The van der Waals surface area contributed by atoms with Gasteiger partial charge in [-0.3, -0.25) is 0 Å². The SMILES string of the molecule is c1ccc(N(c2ccc(-n3c4ccccc4c4ccc5ccccc5c43)cc2)c2cccc3oc4cc5ccccc5cc4c23)cc1. The van der Waals surface area contributed by atoms with Gasteiger partial charge < -0.3 is 13.9 Å². The Hall–Kier alpha value is -6.32. The van der Waals surface area contributed by atoms with Gasteiger partial charge in [-0.15, -0.1) is 0 Å². The lowest BCUT2D eigenvalue weighted by Gasteiger charge is -2.26. The van der Waals surface area contributed by atoms with Crippen molar-refractivity contribution < 1.29 is 4.42 Å². The molecule has 2 aromatic heterocycles. The molecule has 0 fully saturated rings. The van der Waals surface area contributed by atoms with E-state index in [-0.39, 0.29) is 0 Å². The lowest BCUT2D eigenvalue weighted by molar-refractivity contribution is 0.669. The molecular weight excluding hydrogens is 572 g/mol. The molecule has 0 spiro atoms. The summed E-state index contributed by atoms with van der Waals surface area (Å²) in [5.74, 6) is 0. The van der Waals surface area contributed by atoms with Crippen LogP contribution < -0.4 is 4.90 Å². The Kier molecular flexibility index (Phi) is 5.57. The predicted octanol–water partition coefficient (Wildman–Crippen LogP) is 12.5. The zero-order valence-electron chi connectivity index (χ0n) is 25.5. The Morgan fingerprint density at radius 1 is 0.426 bits per heavy atom. The average molecular weight is 601 g/mol. The van der Waals surface area contributed by atoms with E-state index >= 15 is 0 Å². The van der Waals surface area contributed by atoms with Gasteiger partial charge in [-0.1, -0.05) is 103 Å². The molecule has 0 radical (unpaired) electrons. The molecule has 0 aliphatic carbocycles. The molecule has 47 heavy (non-hydrogen) atoms. The molecule has 0 bridgehead atoms. The number of fused-ring (bicyclic) bond motifs is 9. The maximum absolute atomic E-state index is 6.48. The van der Waals surface area contributed by atoms with E-state index in [0.29, 0.717) is 0 Å². The third kappa shape index (κ3) is 3.93. The molecule has 0 N–H and O–H groups in total. The second kappa shape index (κ2) is 10.1. The van der Waals surface area contributed by atoms with Crippen molar-refractivity contribution in [3.63, 3.8) is 0 Å². The highest BCUT2D eigenvalue weighted by Gasteiger charge is 2.20. The minimum atomic E-state index is 0.877. The molecule has 3 nitrogen and oxygen atoms in total. The molecule has 0 aliphatic rings. The fourth-order valence-electron chi connectivity index (χ4n) is 7.43. The van der Waals surface area contributed by atoms with Gasteiger partial charge in [0.15, 0.2) is 0 Å². The van der Waals surface area contributed by atoms with Crippen LogP contribution in [-0.4, -0.2) is 4.57 Å². The fourth-order valence-corrected chi connectivity index (χ4v) is 7.43. The number of furan rings is 1. The second-order valence-electron chi connectivity index (χ2n) is 12.2. The highest BCUT2D eigenvalue weighted by atomic mass is 16.3. The summed E-state index contributed by atoms with van der Waals surface area (Å²) in [6.07, 6.45) is 0. The summed E-state index contributed by atoms with van der Waals surface area (Å²) >= 11 is 0. The van der Waals surface area contributed by atoms with Gasteiger partial charge in [-0.05, 0) is 82.9 Å². The van der Waals surface area contributed by atoms with Crippen molar-refractivity contribution in [2.24, 2.45) is 0 Å². The van der Waals surface area contributed by atoms with Crippen LogP contribution in [0.2, 0.25) is 0 Å². The summed E-state index contributed by atoms with van der Waals surface area (Å²) in [4.78, 5) is 2.34. The number of rotatable bonds is 4. The molecule has 0 unspecified atom stereocenters. The molecule has 10 aromatic rings. The molecule has 8 aromatic carbocycles. The monoisotopic (exact) mass is 600 g/mol. The van der Waals surface area contributed by atoms with Crippen LogP contribution in [0, 0.1) is 0 Å². The minimum Gasteiger partial charge on any atom is -0.456 e. The van der Waals surface area contributed by atoms with Crippen molar-refractivity contribution in [3.8, 4) is 5.69 Å². The molecule has 10 rings (SSSR count). The zero-order valence-corrected chi connectivity index (χ0v) is 25.5. The molecular formula is C44H28N2O. The molecule has 220 valence electrons. The second-order valence-corrected chi connectivity index (χ2v) is 12.2. The van der Waals surface area contributed by atoms with E-state index in [0.717, 1.165) is 44.7 Å². The summed E-state index contributed by atoms with van der Waals surface area (Å²) in [5.41, 5.74) is 8.59. The van der Waals surface area contributed by atoms with E-state index < -0.39 is 0 Å². The summed E-state index contributed by atoms with van der Waals surface area (Å²) in [7, 11) is 0. The molecule has 0 atom stereocenters. The third-order valence-corrected chi connectivity index (χ3v) is 9.52. The van der Waals surface area contributed by atoms with E-state index in [1.165, 1.54) is 43.4 Å². The predicted molar refractivity (Wildman–Crippen MR) is 198 cm³/mol. The Labute approximate surface area is 271 Å². The topological polar surface area (TPSA) is 21.3 Å². The number of hydrogen-bond donors (Lipinski definition) is 0. The first-order valence-corrected chi connectivity index (χ1v) is 16.0. The van der Waals surface area contributed by atoms with Crippen molar-refractivity contribution >= 4 is 82.4 Å². The first-order chi connectivity index (χ1) is 23.3. The minimum absolute atomic E-state index is 0.877. The number of aromatic nitrogens is 1. The smallest absolute Gasteiger partial charge is 0.137 e. The van der Waals surface area contributed by atoms with Crippen LogP contribution in [0.15, 0.2) is 174 Å². The Balaban J connectivity index is 1.20. The van der Waals surface area contributed by atoms with Gasteiger partial charge in [0.25, 0.3) is 0 Å². The maximum Gasteiger partial charge on any atom is 0.137 e. The van der Waals surface area contributed by atoms with Crippen molar-refractivity contribution in [2.75, 3.05) is 4.90 Å². The van der Waals surface area contributed by atoms with Crippen LogP contribution in [0.1, 0.15) is 0 Å². The van der Waals surface area contributed by atoms with Gasteiger partial charge in [0.05, 0.1) is 22.1 Å². The van der Waals surface area contributed by atoms with E-state index in [1.807, 2.05) is 0 Å². The first-order valence-electron chi connectivity index (χ1n) is 16.0. The van der Waals surface area contributed by atoms with Crippen LogP contribution in [0.5, 0.6) is 0 Å². The van der Waals surface area contributed by atoms with E-state index in [9.17, 15) is 0 Å². The van der Waals surface area contributed by atoms with E-state index in [4.69, 9.17) is 4.42 Å². The van der Waals surface area contributed by atoms with Crippen LogP contribution in [0.4, 0.5) is 17.1 Å². The number of anilines is 3. The van der Waals surface area contributed by atoms with Crippen molar-refractivity contribution in [3.05, 3.63) is 170 Å². The number of nitrogens with zero attached hydrogens (tertiary/aromatic N) is 2. The van der Waals surface area contributed by atoms with Gasteiger partial charge in [0.2, 0.25) is 0 Å². The number of benzene rings is 8. The van der Waals surface area contributed by atoms with Crippen LogP contribution in [0.3, 0.4) is 0 Å². The van der Waals surface area contributed by atoms with Gasteiger partial charge in [0.1, 0.15) is 11.2 Å². The maximum atomic E-state index is 6.48. The van der Waals surface area contributed by atoms with Crippen LogP contribution >= 0.6 is 0 Å². The van der Waals surface area contributed by atoms with Gasteiger partial charge in [0, 0.05) is 38.6 Å². The van der Waals surface area contributed by atoms with Crippen LogP contribution in [0.25, 0.3) is 71.0 Å². The first kappa shape index (κ1) is 26.0. The zero-order chi connectivity index (χ0) is 30.9. The van der Waals surface area contributed by atoms with Gasteiger partial charge in [-0.2, -0.15) is 0 Å². The molecule has 0 saturated heterocycles.